The number of nitrogens with zero attached hydrogens (tertiary/aromatic N) is 3. The molecule has 0 spiro atoms. The van der Waals surface area contributed by atoms with E-state index >= 15 is 0 Å². The Bertz CT molecular complexity index is 1170. The molecule has 0 radical (unpaired) electrons. The lowest BCUT2D eigenvalue weighted by Gasteiger charge is -2.16. The Morgan fingerprint density at radius 3 is 2.78 bits per heavy atom. The van der Waals surface area contributed by atoms with Crippen LogP contribution in [0.25, 0.3) is 0 Å². The van der Waals surface area contributed by atoms with Crippen LogP contribution in [0.2, 0.25) is 0 Å². The van der Waals surface area contributed by atoms with Crippen molar-refractivity contribution in [2.24, 2.45) is 0 Å². The van der Waals surface area contributed by atoms with Crippen LogP contribution in [-0.4, -0.2) is 33.4 Å². The molecule has 0 unspecified atom stereocenters. The molecule has 0 atom stereocenters. The van der Waals surface area contributed by atoms with E-state index in [-0.39, 0.29) is 35.5 Å². The van der Waals surface area contributed by atoms with E-state index in [0.717, 1.165) is 11.5 Å². The lowest BCUT2D eigenvalue weighted by Crippen LogP contribution is -2.30. The molecular formula is C20H20FN5O5S. The maximum Gasteiger partial charge on any atom is 0.415 e. The summed E-state index contributed by atoms with van der Waals surface area (Å²) in [4.78, 5) is 41.1. The van der Waals surface area contributed by atoms with Gasteiger partial charge in [0.2, 0.25) is 5.13 Å². The highest BCUT2D eigenvalue weighted by Gasteiger charge is 2.18. The van der Waals surface area contributed by atoms with Gasteiger partial charge in [0.25, 0.3) is 0 Å². The average Bonchev–Trinajstić information content (AvgIpc) is 3.15. The number of ether oxygens (including phenoxy) is 1. The third kappa shape index (κ3) is 6.11. The average molecular weight is 461 g/mol. The molecule has 0 aliphatic rings. The van der Waals surface area contributed by atoms with Crippen LogP contribution in [0, 0.1) is 19.7 Å². The van der Waals surface area contributed by atoms with Crippen LogP contribution in [-0.2, 0) is 13.1 Å². The van der Waals surface area contributed by atoms with Crippen LogP contribution >= 0.6 is 11.5 Å². The SMILES string of the molecule is Cc1cc(=O)oc(C)c1OC(=O)N(C)Cc1nsc(NC(=O)NCc2cccc(F)c2)n1. The summed E-state index contributed by atoms with van der Waals surface area (Å²) in [6, 6.07) is 6.59. The molecule has 32 heavy (non-hydrogen) atoms. The number of urea groups is 1. The predicted molar refractivity (Wildman–Crippen MR) is 114 cm³/mol. The molecule has 0 saturated carbocycles. The van der Waals surface area contributed by atoms with Gasteiger partial charge >= 0.3 is 17.7 Å². The number of carbonyl (C=O) groups excluding carboxylic acids is 2. The van der Waals surface area contributed by atoms with Crippen molar-refractivity contribution in [1.82, 2.24) is 19.6 Å². The number of nitrogens with one attached hydrogen (secondary N) is 2. The van der Waals surface area contributed by atoms with Gasteiger partial charge in [0.05, 0.1) is 6.54 Å². The molecule has 3 aromatic rings. The fourth-order valence-corrected chi connectivity index (χ4v) is 3.26. The minimum atomic E-state index is -0.692. The molecule has 168 valence electrons. The number of benzene rings is 1. The van der Waals surface area contributed by atoms with Crippen molar-refractivity contribution in [1.29, 1.82) is 0 Å². The molecule has 3 amide bonds. The van der Waals surface area contributed by atoms with Crippen LogP contribution in [0.4, 0.5) is 19.1 Å². The van der Waals surface area contributed by atoms with Gasteiger partial charge in [-0.15, -0.1) is 0 Å². The Labute approximate surface area is 186 Å². The van der Waals surface area contributed by atoms with Crippen molar-refractivity contribution < 1.29 is 23.1 Å². The van der Waals surface area contributed by atoms with Crippen molar-refractivity contribution >= 4 is 28.8 Å². The molecular weight excluding hydrogens is 441 g/mol. The van der Waals surface area contributed by atoms with Crippen LogP contribution in [0.1, 0.15) is 22.7 Å². The van der Waals surface area contributed by atoms with Crippen LogP contribution in [0.5, 0.6) is 5.75 Å². The minimum absolute atomic E-state index is 0.0246. The summed E-state index contributed by atoms with van der Waals surface area (Å²) < 4.78 is 27.5. The molecule has 0 saturated heterocycles. The molecule has 0 aliphatic carbocycles. The molecule has 2 N–H and O–H groups in total. The van der Waals surface area contributed by atoms with E-state index in [0.29, 0.717) is 17.0 Å². The van der Waals surface area contributed by atoms with E-state index < -0.39 is 17.7 Å². The summed E-state index contributed by atoms with van der Waals surface area (Å²) in [6.07, 6.45) is -0.692. The maximum absolute atomic E-state index is 13.2. The molecule has 10 nitrogen and oxygen atoms in total. The summed E-state index contributed by atoms with van der Waals surface area (Å²) in [7, 11) is 1.49. The number of anilines is 1. The number of aryl methyl sites for hydroxylation is 2. The van der Waals surface area contributed by atoms with Gasteiger partial charge in [0.1, 0.15) is 11.6 Å². The van der Waals surface area contributed by atoms with Crippen molar-refractivity contribution in [3.63, 3.8) is 0 Å². The molecule has 0 fully saturated rings. The largest absolute Gasteiger partial charge is 0.424 e. The first-order chi connectivity index (χ1) is 15.2. The van der Waals surface area contributed by atoms with E-state index in [1.807, 2.05) is 0 Å². The number of halogens is 1. The highest BCUT2D eigenvalue weighted by atomic mass is 32.1. The second-order valence-electron chi connectivity index (χ2n) is 6.81. The summed E-state index contributed by atoms with van der Waals surface area (Å²) >= 11 is 0.945. The number of amides is 3. The van der Waals surface area contributed by atoms with E-state index in [9.17, 15) is 18.8 Å². The van der Waals surface area contributed by atoms with Crippen LogP contribution in [0.15, 0.2) is 39.5 Å². The minimum Gasteiger partial charge on any atom is -0.424 e. The van der Waals surface area contributed by atoms with Gasteiger partial charge in [-0.1, -0.05) is 12.1 Å². The number of carbonyl (C=O) groups is 2. The number of hydrogen-bond donors (Lipinski definition) is 2. The van der Waals surface area contributed by atoms with E-state index in [2.05, 4.69) is 20.0 Å². The molecule has 2 heterocycles. The van der Waals surface area contributed by atoms with Crippen LogP contribution in [0.3, 0.4) is 0 Å². The first-order valence-electron chi connectivity index (χ1n) is 9.37. The monoisotopic (exact) mass is 461 g/mol. The zero-order chi connectivity index (χ0) is 23.3. The summed E-state index contributed by atoms with van der Waals surface area (Å²) in [5.74, 6) is 0.274. The fourth-order valence-electron chi connectivity index (χ4n) is 2.68. The lowest BCUT2D eigenvalue weighted by molar-refractivity contribution is 0.157. The third-order valence-corrected chi connectivity index (χ3v) is 4.84. The fraction of sp³-hybridized carbons (Fsp3) is 0.250. The van der Waals surface area contributed by atoms with Crippen molar-refractivity contribution in [2.45, 2.75) is 26.9 Å². The number of aromatic nitrogens is 2. The van der Waals surface area contributed by atoms with E-state index in [4.69, 9.17) is 9.15 Å². The molecule has 1 aromatic carbocycles. The second kappa shape index (κ2) is 10.0. The van der Waals surface area contributed by atoms with Gasteiger partial charge in [-0.3, -0.25) is 5.32 Å². The summed E-state index contributed by atoms with van der Waals surface area (Å²) in [6.45, 7) is 3.32. The Hall–Kier alpha value is -3.80. The van der Waals surface area contributed by atoms with E-state index in [1.165, 1.54) is 37.1 Å². The van der Waals surface area contributed by atoms with E-state index in [1.54, 1.807) is 19.1 Å². The van der Waals surface area contributed by atoms with Crippen molar-refractivity contribution in [2.75, 3.05) is 12.4 Å². The number of rotatable bonds is 6. The predicted octanol–water partition coefficient (Wildman–Crippen LogP) is 3.20. The molecule has 0 aliphatic heterocycles. The Morgan fingerprint density at radius 2 is 2.06 bits per heavy atom. The number of hydrogen-bond acceptors (Lipinski definition) is 8. The Kier molecular flexibility index (Phi) is 7.15. The summed E-state index contributed by atoms with van der Waals surface area (Å²) in [5, 5.41) is 5.36. The van der Waals surface area contributed by atoms with Gasteiger partial charge in [-0.2, -0.15) is 4.37 Å². The first-order valence-corrected chi connectivity index (χ1v) is 10.1. The van der Waals surface area contributed by atoms with Gasteiger partial charge in [0, 0.05) is 36.8 Å². The standard InChI is InChI=1S/C20H20FN5O5S/c1-11-7-16(27)30-12(2)17(11)31-20(29)26(3)10-15-23-19(32-25-15)24-18(28)22-9-13-5-4-6-14(21)8-13/h4-8H,9-10H2,1-3H3,(H2,22,23,24,25,28). The topological polar surface area (TPSA) is 127 Å². The van der Waals surface area contributed by atoms with Gasteiger partial charge in [0.15, 0.2) is 11.6 Å². The van der Waals surface area contributed by atoms with Crippen molar-refractivity contribution in [3.05, 3.63) is 69.3 Å². The van der Waals surface area contributed by atoms with Gasteiger partial charge in [-0.05, 0) is 31.5 Å². The maximum atomic E-state index is 13.2. The Morgan fingerprint density at radius 1 is 1.28 bits per heavy atom. The van der Waals surface area contributed by atoms with Gasteiger partial charge in [-0.25, -0.2) is 23.8 Å². The molecule has 2 aromatic heterocycles. The summed E-state index contributed by atoms with van der Waals surface area (Å²) in [5.41, 5.74) is 0.559. The molecule has 12 heteroatoms. The molecule has 0 bridgehead atoms. The van der Waals surface area contributed by atoms with Crippen molar-refractivity contribution in [3.8, 4) is 5.75 Å². The first kappa shape index (κ1) is 22.9. The van der Waals surface area contributed by atoms with Gasteiger partial charge < -0.3 is 19.4 Å². The Balaban J connectivity index is 1.52. The second-order valence-corrected chi connectivity index (χ2v) is 7.56. The smallest absolute Gasteiger partial charge is 0.415 e. The lowest BCUT2D eigenvalue weighted by atomic mass is 10.2. The zero-order valence-corrected chi connectivity index (χ0v) is 18.3. The molecule has 3 rings (SSSR count). The quantitative estimate of drug-likeness (QED) is 0.577. The highest BCUT2D eigenvalue weighted by Crippen LogP contribution is 2.21. The zero-order valence-electron chi connectivity index (χ0n) is 17.5. The van der Waals surface area contributed by atoms with Crippen LogP contribution < -0.4 is 21.0 Å². The highest BCUT2D eigenvalue weighted by molar-refractivity contribution is 7.09. The normalized spacial score (nSPS) is 10.5. The third-order valence-electron chi connectivity index (χ3n) is 4.18.